The first kappa shape index (κ1) is 17.7. The monoisotopic (exact) mass is 342 g/mol. The van der Waals surface area contributed by atoms with E-state index >= 15 is 0 Å². The van der Waals surface area contributed by atoms with Gasteiger partial charge in [0.25, 0.3) is 0 Å². The average Bonchev–Trinajstić information content (AvgIpc) is 3.07. The van der Waals surface area contributed by atoms with Gasteiger partial charge in [-0.05, 0) is 37.1 Å². The van der Waals surface area contributed by atoms with Crippen LogP contribution in [0.25, 0.3) is 0 Å². The number of amides is 1. The summed E-state index contributed by atoms with van der Waals surface area (Å²) in [4.78, 5) is 11.5. The zero-order chi connectivity index (χ0) is 16.7. The number of carbonyl (C=O) groups is 1. The van der Waals surface area contributed by atoms with Crippen molar-refractivity contribution in [2.24, 2.45) is 0 Å². The van der Waals surface area contributed by atoms with Gasteiger partial charge in [-0.25, -0.2) is 8.42 Å². The summed E-state index contributed by atoms with van der Waals surface area (Å²) in [6.07, 6.45) is 1.82. The van der Waals surface area contributed by atoms with Crippen LogP contribution in [0.15, 0.2) is 29.2 Å². The molecule has 0 saturated carbocycles. The average molecular weight is 342 g/mol. The van der Waals surface area contributed by atoms with E-state index in [0.29, 0.717) is 32.0 Å². The van der Waals surface area contributed by atoms with Crippen molar-refractivity contribution in [2.75, 3.05) is 40.0 Å². The molecule has 23 heavy (non-hydrogen) atoms. The maximum absolute atomic E-state index is 12.4. The number of methoxy groups -OCH3 is 1. The molecule has 0 spiro atoms. The minimum atomic E-state index is -3.39. The fourth-order valence-electron chi connectivity index (χ4n) is 2.33. The summed E-state index contributed by atoms with van der Waals surface area (Å²) in [7, 11) is -1.94. The molecule has 1 saturated heterocycles. The van der Waals surface area contributed by atoms with Crippen molar-refractivity contribution in [3.63, 3.8) is 0 Å². The van der Waals surface area contributed by atoms with Crippen molar-refractivity contribution in [1.29, 1.82) is 0 Å². The Kier molecular flexibility index (Phi) is 6.37. The molecule has 0 bridgehead atoms. The molecule has 1 aromatic rings. The van der Waals surface area contributed by atoms with Crippen molar-refractivity contribution in [3.8, 4) is 5.75 Å². The molecule has 1 heterocycles. The van der Waals surface area contributed by atoms with Crippen LogP contribution in [0.3, 0.4) is 0 Å². The topological polar surface area (TPSA) is 84.9 Å². The van der Waals surface area contributed by atoms with Gasteiger partial charge in [-0.2, -0.15) is 4.31 Å². The van der Waals surface area contributed by atoms with Gasteiger partial charge in [0.2, 0.25) is 15.9 Å². The smallest absolute Gasteiger partial charge is 0.246 e. The number of ether oxygens (including phenoxy) is 2. The number of hydrogen-bond acceptors (Lipinski definition) is 5. The number of carbonyl (C=O) groups excluding carboxylic acids is 1. The molecule has 1 aliphatic rings. The standard InChI is InChI=1S/C15H22N2O5S/c1-21-12-15(18)16-8-11-22-13-4-6-14(7-5-13)23(19,20)17-9-2-3-10-17/h4-7H,2-3,8-12H2,1H3,(H,16,18). The van der Waals surface area contributed by atoms with Gasteiger partial charge >= 0.3 is 0 Å². The summed E-state index contributed by atoms with van der Waals surface area (Å²) in [6.45, 7) is 1.84. The predicted octanol–water partition coefficient (Wildman–Crippen LogP) is 0.612. The molecular weight excluding hydrogens is 320 g/mol. The molecule has 2 rings (SSSR count). The van der Waals surface area contributed by atoms with Gasteiger partial charge in [-0.15, -0.1) is 0 Å². The van der Waals surface area contributed by atoms with E-state index < -0.39 is 10.0 Å². The minimum Gasteiger partial charge on any atom is -0.492 e. The zero-order valence-corrected chi connectivity index (χ0v) is 14.0. The maximum Gasteiger partial charge on any atom is 0.246 e. The normalized spacial score (nSPS) is 15.5. The Balaban J connectivity index is 1.84. The van der Waals surface area contributed by atoms with Crippen LogP contribution in [-0.2, 0) is 19.6 Å². The molecule has 0 atom stereocenters. The van der Waals surface area contributed by atoms with Gasteiger partial charge in [-0.3, -0.25) is 4.79 Å². The molecule has 8 heteroatoms. The summed E-state index contributed by atoms with van der Waals surface area (Å²) in [5.41, 5.74) is 0. The lowest BCUT2D eigenvalue weighted by atomic mass is 10.3. The van der Waals surface area contributed by atoms with Crippen LogP contribution in [0.1, 0.15) is 12.8 Å². The van der Waals surface area contributed by atoms with Crippen LogP contribution in [0.2, 0.25) is 0 Å². The van der Waals surface area contributed by atoms with E-state index in [1.807, 2.05) is 0 Å². The SMILES string of the molecule is COCC(=O)NCCOc1ccc(S(=O)(=O)N2CCCC2)cc1. The Bertz CT molecular complexity index is 609. The van der Waals surface area contributed by atoms with E-state index in [-0.39, 0.29) is 17.4 Å². The lowest BCUT2D eigenvalue weighted by Crippen LogP contribution is -2.30. The van der Waals surface area contributed by atoms with Crippen molar-refractivity contribution in [1.82, 2.24) is 9.62 Å². The molecule has 0 aliphatic carbocycles. The molecule has 1 aromatic carbocycles. The first-order chi connectivity index (χ1) is 11.0. The quantitative estimate of drug-likeness (QED) is 0.700. The second-order valence-electron chi connectivity index (χ2n) is 5.21. The van der Waals surface area contributed by atoms with E-state index in [0.717, 1.165) is 12.8 Å². The van der Waals surface area contributed by atoms with Crippen LogP contribution in [0.4, 0.5) is 0 Å². The van der Waals surface area contributed by atoms with Crippen molar-refractivity contribution in [3.05, 3.63) is 24.3 Å². The first-order valence-corrected chi connectivity index (χ1v) is 8.96. The number of sulfonamides is 1. The van der Waals surface area contributed by atoms with Gasteiger partial charge in [0.05, 0.1) is 11.4 Å². The summed E-state index contributed by atoms with van der Waals surface area (Å²) in [5, 5.41) is 2.64. The molecule has 1 N–H and O–H groups in total. The molecule has 1 amide bonds. The third-order valence-corrected chi connectivity index (χ3v) is 5.41. The lowest BCUT2D eigenvalue weighted by molar-refractivity contribution is -0.124. The summed E-state index contributed by atoms with van der Waals surface area (Å²) >= 11 is 0. The number of nitrogens with one attached hydrogen (secondary N) is 1. The molecular formula is C15H22N2O5S. The highest BCUT2D eigenvalue weighted by Gasteiger charge is 2.26. The lowest BCUT2D eigenvalue weighted by Gasteiger charge is -2.15. The van der Waals surface area contributed by atoms with E-state index in [1.165, 1.54) is 11.4 Å². The van der Waals surface area contributed by atoms with Crippen LogP contribution in [0.5, 0.6) is 5.75 Å². The Morgan fingerprint density at radius 3 is 2.48 bits per heavy atom. The minimum absolute atomic E-state index is 0.0169. The number of rotatable bonds is 8. The van der Waals surface area contributed by atoms with Crippen molar-refractivity contribution >= 4 is 15.9 Å². The number of nitrogens with zero attached hydrogens (tertiary/aromatic N) is 1. The largest absolute Gasteiger partial charge is 0.492 e. The number of benzene rings is 1. The Labute approximate surface area is 136 Å². The van der Waals surface area contributed by atoms with Crippen LogP contribution >= 0.6 is 0 Å². The van der Waals surface area contributed by atoms with E-state index in [1.54, 1.807) is 24.3 Å². The highest BCUT2D eigenvalue weighted by Crippen LogP contribution is 2.22. The van der Waals surface area contributed by atoms with Gasteiger partial charge in [-0.1, -0.05) is 0 Å². The second kappa shape index (κ2) is 8.28. The highest BCUT2D eigenvalue weighted by molar-refractivity contribution is 7.89. The summed E-state index contributed by atoms with van der Waals surface area (Å²) in [6, 6.07) is 6.35. The van der Waals surface area contributed by atoms with E-state index in [2.05, 4.69) is 5.32 Å². The summed E-state index contributed by atoms with van der Waals surface area (Å²) < 4.78 is 36.4. The fraction of sp³-hybridized carbons (Fsp3) is 0.533. The number of hydrogen-bond donors (Lipinski definition) is 1. The molecule has 128 valence electrons. The van der Waals surface area contributed by atoms with E-state index in [9.17, 15) is 13.2 Å². The van der Waals surface area contributed by atoms with E-state index in [4.69, 9.17) is 9.47 Å². The van der Waals surface area contributed by atoms with Crippen molar-refractivity contribution in [2.45, 2.75) is 17.7 Å². The molecule has 1 fully saturated rings. The third kappa shape index (κ3) is 4.92. The maximum atomic E-state index is 12.4. The van der Waals surface area contributed by atoms with Gasteiger partial charge in [0.1, 0.15) is 19.0 Å². The van der Waals surface area contributed by atoms with Crippen LogP contribution in [0, 0.1) is 0 Å². The Morgan fingerprint density at radius 1 is 1.22 bits per heavy atom. The van der Waals surface area contributed by atoms with Gasteiger partial charge in [0.15, 0.2) is 0 Å². The van der Waals surface area contributed by atoms with Gasteiger partial charge < -0.3 is 14.8 Å². The first-order valence-electron chi connectivity index (χ1n) is 7.52. The van der Waals surface area contributed by atoms with Crippen LogP contribution in [-0.4, -0.2) is 58.6 Å². The molecule has 0 unspecified atom stereocenters. The zero-order valence-electron chi connectivity index (χ0n) is 13.2. The predicted molar refractivity (Wildman–Crippen MR) is 84.8 cm³/mol. The molecule has 0 aromatic heterocycles. The van der Waals surface area contributed by atoms with Gasteiger partial charge in [0, 0.05) is 20.2 Å². The Morgan fingerprint density at radius 2 is 1.87 bits per heavy atom. The molecule has 7 nitrogen and oxygen atoms in total. The van der Waals surface area contributed by atoms with Crippen molar-refractivity contribution < 1.29 is 22.7 Å². The molecule has 1 aliphatic heterocycles. The summed E-state index contributed by atoms with van der Waals surface area (Å²) in [5.74, 6) is 0.356. The third-order valence-electron chi connectivity index (χ3n) is 3.49. The highest BCUT2D eigenvalue weighted by atomic mass is 32.2. The fourth-order valence-corrected chi connectivity index (χ4v) is 3.84. The van der Waals surface area contributed by atoms with Crippen LogP contribution < -0.4 is 10.1 Å². The Hall–Kier alpha value is -1.64. The molecule has 0 radical (unpaired) electrons. The second-order valence-corrected chi connectivity index (χ2v) is 7.15.